The summed E-state index contributed by atoms with van der Waals surface area (Å²) in [7, 11) is 0. The Kier molecular flexibility index (Phi) is 9.11. The molecule has 8 heteroatoms. The van der Waals surface area contributed by atoms with E-state index in [2.05, 4.69) is 39.8 Å². The number of amides is 4. The predicted molar refractivity (Wildman–Crippen MR) is 175 cm³/mol. The fourth-order valence-electron chi connectivity index (χ4n) is 8.66. The monoisotopic (exact) mass is 610 g/mol. The lowest BCUT2D eigenvalue weighted by Crippen LogP contribution is -2.51. The lowest BCUT2D eigenvalue weighted by atomic mass is 9.79. The number of hydrogen-bond acceptors (Lipinski definition) is 3. The lowest BCUT2D eigenvalue weighted by molar-refractivity contribution is -0.143. The Balaban J connectivity index is 0.987. The number of anilines is 1. The van der Waals surface area contributed by atoms with Crippen molar-refractivity contribution >= 4 is 23.5 Å². The number of carbonyl (C=O) groups is 3. The fourth-order valence-corrected chi connectivity index (χ4v) is 8.66. The second-order valence-corrected chi connectivity index (χ2v) is 14.1. The summed E-state index contributed by atoms with van der Waals surface area (Å²) in [5.74, 6) is 1.32. The number of nitrogens with one attached hydrogen (secondary N) is 1. The van der Waals surface area contributed by atoms with Gasteiger partial charge in [0, 0.05) is 64.0 Å². The number of aryl methyl sites for hydroxylation is 2. The topological polar surface area (TPSA) is 87.1 Å². The van der Waals surface area contributed by atoms with E-state index in [-0.39, 0.29) is 36.2 Å². The second-order valence-electron chi connectivity index (χ2n) is 14.1. The molecule has 4 amide bonds. The number of rotatable bonds is 7. The van der Waals surface area contributed by atoms with E-state index >= 15 is 0 Å². The first-order valence-corrected chi connectivity index (χ1v) is 17.5. The van der Waals surface area contributed by atoms with Crippen LogP contribution in [0.2, 0.25) is 0 Å². The van der Waals surface area contributed by atoms with Gasteiger partial charge in [0.15, 0.2) is 0 Å². The van der Waals surface area contributed by atoms with Crippen molar-refractivity contribution < 1.29 is 14.4 Å². The minimum absolute atomic E-state index is 0.0549. The number of piperidine rings is 3. The zero-order chi connectivity index (χ0) is 30.8. The molecule has 4 heterocycles. The van der Waals surface area contributed by atoms with Gasteiger partial charge >= 0.3 is 6.03 Å². The molecule has 2 aromatic rings. The molecular weight excluding hydrogens is 562 g/mol. The third-order valence-corrected chi connectivity index (χ3v) is 11.4. The van der Waals surface area contributed by atoms with Crippen molar-refractivity contribution in [3.8, 4) is 0 Å². The average Bonchev–Trinajstić information content (AvgIpc) is 3.56. The van der Waals surface area contributed by atoms with E-state index < -0.39 is 0 Å². The quantitative estimate of drug-likeness (QED) is 0.478. The van der Waals surface area contributed by atoms with Crippen LogP contribution in [-0.2, 0) is 35.4 Å². The van der Waals surface area contributed by atoms with Gasteiger partial charge in [0.05, 0.1) is 5.92 Å². The number of benzene rings is 2. The summed E-state index contributed by atoms with van der Waals surface area (Å²) in [6.45, 7) is 5.43. The van der Waals surface area contributed by atoms with Crippen LogP contribution in [0, 0.1) is 17.8 Å². The van der Waals surface area contributed by atoms with Crippen LogP contribution < -0.4 is 10.6 Å². The van der Waals surface area contributed by atoms with Crippen molar-refractivity contribution in [1.82, 2.24) is 20.0 Å². The molecule has 1 N–H and O–H groups in total. The first-order valence-electron chi connectivity index (χ1n) is 17.5. The molecular formula is C37H48N5O3. The molecule has 0 saturated carbocycles. The summed E-state index contributed by atoms with van der Waals surface area (Å²) in [6.07, 6.45) is 10.4. The normalized spacial score (nSPS) is 22.1. The Morgan fingerprint density at radius 2 is 1.53 bits per heavy atom. The molecule has 3 fully saturated rings. The molecule has 4 aliphatic heterocycles. The van der Waals surface area contributed by atoms with Crippen molar-refractivity contribution in [1.29, 1.82) is 0 Å². The van der Waals surface area contributed by atoms with E-state index in [0.717, 1.165) is 81.9 Å². The summed E-state index contributed by atoms with van der Waals surface area (Å²) in [6, 6.07) is 14.7. The Labute approximate surface area is 267 Å². The predicted octanol–water partition coefficient (Wildman–Crippen LogP) is 5.02. The Morgan fingerprint density at radius 1 is 0.822 bits per heavy atom. The molecule has 2 aromatic carbocycles. The van der Waals surface area contributed by atoms with Crippen LogP contribution in [-0.4, -0.2) is 77.9 Å². The SMILES string of the molecule is O=C(CC(Cc1ccc2c(c1)CCC2)C(=O)N1CCC(C2CC[N]CC2)CC1)N1CCC(N2Cc3ccccc3NC2=O)CC1. The number of nitrogens with zero attached hydrogens (tertiary/aromatic N) is 4. The highest BCUT2D eigenvalue weighted by Gasteiger charge is 2.36. The maximum absolute atomic E-state index is 14.1. The van der Waals surface area contributed by atoms with Crippen LogP contribution in [0.25, 0.3) is 0 Å². The minimum atomic E-state index is -0.343. The zero-order valence-electron chi connectivity index (χ0n) is 26.6. The Morgan fingerprint density at radius 3 is 2.33 bits per heavy atom. The van der Waals surface area contributed by atoms with Crippen molar-refractivity contribution in [3.05, 3.63) is 64.7 Å². The van der Waals surface area contributed by atoms with Gasteiger partial charge in [-0.05, 0) is 104 Å². The first-order chi connectivity index (χ1) is 22.0. The van der Waals surface area contributed by atoms with E-state index in [9.17, 15) is 14.4 Å². The average molecular weight is 611 g/mol. The third-order valence-electron chi connectivity index (χ3n) is 11.4. The van der Waals surface area contributed by atoms with Gasteiger partial charge in [-0.1, -0.05) is 36.4 Å². The summed E-state index contributed by atoms with van der Waals surface area (Å²) in [5.41, 5.74) is 6.04. The van der Waals surface area contributed by atoms with E-state index in [4.69, 9.17) is 0 Å². The standard InChI is InChI=1S/C37H48N5O3/c43-35(40-20-14-33(15-21-40)42-25-31-4-1-2-7-34(31)39-37(42)45)24-32(23-26-8-9-27-5-3-6-30(27)22-26)36(44)41-18-12-29(13-19-41)28-10-16-38-17-11-28/h1-2,4,7-9,22,28-29,32-33H,3,5-6,10-21,23-25H2,(H,39,45). The molecule has 1 aliphatic carbocycles. The van der Waals surface area contributed by atoms with Crippen molar-refractivity contribution in [3.63, 3.8) is 0 Å². The molecule has 1 unspecified atom stereocenters. The van der Waals surface area contributed by atoms with E-state index in [0.29, 0.717) is 32.0 Å². The third kappa shape index (κ3) is 6.76. The van der Waals surface area contributed by atoms with E-state index in [1.165, 1.54) is 36.0 Å². The number of hydrogen-bond donors (Lipinski definition) is 1. The molecule has 5 aliphatic rings. The highest BCUT2D eigenvalue weighted by molar-refractivity contribution is 5.92. The summed E-state index contributed by atoms with van der Waals surface area (Å²) in [5, 5.41) is 7.57. The Bertz CT molecular complexity index is 1390. The lowest BCUT2D eigenvalue weighted by Gasteiger charge is -2.41. The molecule has 0 bridgehead atoms. The molecule has 7 rings (SSSR count). The minimum Gasteiger partial charge on any atom is -0.343 e. The maximum Gasteiger partial charge on any atom is 0.322 e. The summed E-state index contributed by atoms with van der Waals surface area (Å²) >= 11 is 0. The van der Waals surface area contributed by atoms with Crippen molar-refractivity contribution in [2.45, 2.75) is 83.2 Å². The molecule has 239 valence electrons. The molecule has 8 nitrogen and oxygen atoms in total. The summed E-state index contributed by atoms with van der Waals surface area (Å²) < 4.78 is 0. The van der Waals surface area contributed by atoms with Gasteiger partial charge in [-0.2, -0.15) is 0 Å². The van der Waals surface area contributed by atoms with Gasteiger partial charge in [0.25, 0.3) is 0 Å². The van der Waals surface area contributed by atoms with Crippen LogP contribution in [0.1, 0.15) is 73.6 Å². The summed E-state index contributed by atoms with van der Waals surface area (Å²) in [4.78, 5) is 46.7. The van der Waals surface area contributed by atoms with E-state index in [1.54, 1.807) is 0 Å². The van der Waals surface area contributed by atoms with Gasteiger partial charge in [-0.15, -0.1) is 0 Å². The van der Waals surface area contributed by atoms with Crippen LogP contribution >= 0.6 is 0 Å². The van der Waals surface area contributed by atoms with E-state index in [1.807, 2.05) is 28.0 Å². The largest absolute Gasteiger partial charge is 0.343 e. The molecule has 0 aromatic heterocycles. The molecule has 45 heavy (non-hydrogen) atoms. The van der Waals surface area contributed by atoms with Crippen molar-refractivity contribution in [2.75, 3.05) is 44.6 Å². The second kappa shape index (κ2) is 13.5. The number of para-hydroxylation sites is 1. The first kappa shape index (κ1) is 30.3. The van der Waals surface area contributed by atoms with Crippen LogP contribution in [0.15, 0.2) is 42.5 Å². The van der Waals surface area contributed by atoms with Gasteiger partial charge in [0.2, 0.25) is 11.8 Å². The molecule has 1 atom stereocenters. The van der Waals surface area contributed by atoms with Crippen LogP contribution in [0.3, 0.4) is 0 Å². The van der Waals surface area contributed by atoms with Crippen molar-refractivity contribution in [2.24, 2.45) is 17.8 Å². The number of fused-ring (bicyclic) bond motifs is 2. The van der Waals surface area contributed by atoms with Crippen LogP contribution in [0.4, 0.5) is 10.5 Å². The smallest absolute Gasteiger partial charge is 0.322 e. The van der Waals surface area contributed by atoms with Gasteiger partial charge in [0.1, 0.15) is 0 Å². The Hall–Kier alpha value is -3.39. The number of likely N-dealkylation sites (tertiary alicyclic amines) is 2. The molecule has 3 saturated heterocycles. The van der Waals surface area contributed by atoms with Gasteiger partial charge in [-0.3, -0.25) is 9.59 Å². The van der Waals surface area contributed by atoms with Gasteiger partial charge < -0.3 is 20.0 Å². The fraction of sp³-hybridized carbons (Fsp3) is 0.595. The highest BCUT2D eigenvalue weighted by Crippen LogP contribution is 2.33. The van der Waals surface area contributed by atoms with Gasteiger partial charge in [-0.25, -0.2) is 10.1 Å². The maximum atomic E-state index is 14.1. The highest BCUT2D eigenvalue weighted by atomic mass is 16.2. The number of carbonyl (C=O) groups excluding carboxylic acids is 3. The molecule has 0 spiro atoms. The zero-order valence-corrected chi connectivity index (χ0v) is 26.6. The number of urea groups is 1. The molecule has 1 radical (unpaired) electrons. The van der Waals surface area contributed by atoms with Crippen LogP contribution in [0.5, 0.6) is 0 Å².